The van der Waals surface area contributed by atoms with E-state index < -0.39 is 0 Å². The van der Waals surface area contributed by atoms with Crippen LogP contribution in [0.3, 0.4) is 0 Å². The summed E-state index contributed by atoms with van der Waals surface area (Å²) in [7, 11) is 0. The molecule has 1 aromatic heterocycles. The van der Waals surface area contributed by atoms with Gasteiger partial charge in [0.1, 0.15) is 0 Å². The van der Waals surface area contributed by atoms with Gasteiger partial charge in [-0.1, -0.05) is 54.6 Å². The Morgan fingerprint density at radius 1 is 0.593 bits per heavy atom. The van der Waals surface area contributed by atoms with Crippen molar-refractivity contribution >= 4 is 56.5 Å². The van der Waals surface area contributed by atoms with Crippen LogP contribution >= 0.6 is 27.3 Å². The third-order valence-electron chi connectivity index (χ3n) is 4.21. The number of hydrogen-bond donors (Lipinski definition) is 0. The van der Waals surface area contributed by atoms with Crippen molar-refractivity contribution in [2.45, 2.75) is 0 Å². The highest BCUT2D eigenvalue weighted by Crippen LogP contribution is 2.34. The molecule has 0 bridgehead atoms. The van der Waals surface area contributed by atoms with Gasteiger partial charge in [-0.15, -0.1) is 11.3 Å². The summed E-state index contributed by atoms with van der Waals surface area (Å²) in [5.41, 5.74) is 4.62. The normalized spacial score (nSPS) is 11.0. The molecule has 0 N–H and O–H groups in total. The molecular weight excluding hydrogens is 414 g/mol. The van der Waals surface area contributed by atoms with Crippen molar-refractivity contribution < 1.29 is 0 Å². The van der Waals surface area contributed by atoms with Gasteiger partial charge in [-0.2, -0.15) is 0 Å². The van der Waals surface area contributed by atoms with Crippen LogP contribution < -0.4 is 4.90 Å². The van der Waals surface area contributed by atoms with Crippen LogP contribution in [0.25, 0.3) is 12.2 Å². The maximum Gasteiger partial charge on any atom is 0.0704 e. The summed E-state index contributed by atoms with van der Waals surface area (Å²) in [5.74, 6) is 0. The number of benzene rings is 3. The maximum atomic E-state index is 3.51. The van der Waals surface area contributed by atoms with Gasteiger partial charge < -0.3 is 4.90 Å². The molecule has 132 valence electrons. The van der Waals surface area contributed by atoms with Crippen LogP contribution in [0.5, 0.6) is 0 Å². The van der Waals surface area contributed by atoms with Gasteiger partial charge in [-0.3, -0.25) is 0 Å². The predicted octanol–water partition coefficient (Wildman–Crippen LogP) is 8.15. The van der Waals surface area contributed by atoms with E-state index in [1.165, 1.54) is 10.4 Å². The van der Waals surface area contributed by atoms with Crippen molar-refractivity contribution in [3.05, 3.63) is 111 Å². The first-order chi connectivity index (χ1) is 13.3. The van der Waals surface area contributed by atoms with E-state index in [1.807, 2.05) is 12.1 Å². The average Bonchev–Trinajstić information content (AvgIpc) is 3.14. The van der Waals surface area contributed by atoms with E-state index >= 15 is 0 Å². The van der Waals surface area contributed by atoms with Crippen LogP contribution in [0.15, 0.2) is 101 Å². The van der Waals surface area contributed by atoms with Crippen molar-refractivity contribution in [1.82, 2.24) is 0 Å². The standard InChI is InChI=1S/C24H18BrNS/c25-24-18-17-23(27-24)16-13-19-11-14-22(15-12-19)26(20-7-3-1-4-8-20)21-9-5-2-6-10-21/h1-18H/b16-13+. The van der Waals surface area contributed by atoms with Crippen molar-refractivity contribution in [3.63, 3.8) is 0 Å². The van der Waals surface area contributed by atoms with Crippen LogP contribution in [-0.2, 0) is 0 Å². The second-order valence-electron chi connectivity index (χ2n) is 6.07. The van der Waals surface area contributed by atoms with Crippen LogP contribution in [0, 0.1) is 0 Å². The lowest BCUT2D eigenvalue weighted by Gasteiger charge is -2.25. The molecule has 1 heterocycles. The number of nitrogens with zero attached hydrogens (tertiary/aromatic N) is 1. The summed E-state index contributed by atoms with van der Waals surface area (Å²) in [6.07, 6.45) is 4.30. The summed E-state index contributed by atoms with van der Waals surface area (Å²) in [6, 6.07) is 33.8. The lowest BCUT2D eigenvalue weighted by Crippen LogP contribution is -2.09. The molecule has 0 saturated heterocycles. The zero-order chi connectivity index (χ0) is 18.5. The van der Waals surface area contributed by atoms with Gasteiger partial charge in [-0.25, -0.2) is 0 Å². The first-order valence-corrected chi connectivity index (χ1v) is 10.3. The molecule has 0 aliphatic carbocycles. The fourth-order valence-corrected chi connectivity index (χ4v) is 4.26. The maximum absolute atomic E-state index is 3.51. The highest BCUT2D eigenvalue weighted by Gasteiger charge is 2.11. The Morgan fingerprint density at radius 3 is 1.67 bits per heavy atom. The number of para-hydroxylation sites is 2. The average molecular weight is 432 g/mol. The summed E-state index contributed by atoms with van der Waals surface area (Å²) >= 11 is 5.24. The van der Waals surface area contributed by atoms with Crippen LogP contribution in [-0.4, -0.2) is 0 Å². The van der Waals surface area contributed by atoms with Crippen molar-refractivity contribution in [2.24, 2.45) is 0 Å². The minimum Gasteiger partial charge on any atom is -0.311 e. The van der Waals surface area contributed by atoms with Gasteiger partial charge in [0.15, 0.2) is 0 Å². The van der Waals surface area contributed by atoms with E-state index in [0.717, 1.165) is 20.8 Å². The Morgan fingerprint density at radius 2 is 1.15 bits per heavy atom. The highest BCUT2D eigenvalue weighted by molar-refractivity contribution is 9.11. The van der Waals surface area contributed by atoms with E-state index in [1.54, 1.807) is 11.3 Å². The SMILES string of the molecule is Brc1ccc(/C=C/c2ccc(N(c3ccccc3)c3ccccc3)cc2)s1. The molecule has 0 radical (unpaired) electrons. The van der Waals surface area contributed by atoms with E-state index in [2.05, 4.69) is 118 Å². The highest BCUT2D eigenvalue weighted by atomic mass is 79.9. The Kier molecular flexibility index (Phi) is 5.52. The van der Waals surface area contributed by atoms with E-state index in [4.69, 9.17) is 0 Å². The molecule has 1 nitrogen and oxygen atoms in total. The lowest BCUT2D eigenvalue weighted by atomic mass is 10.1. The van der Waals surface area contributed by atoms with Gasteiger partial charge >= 0.3 is 0 Å². The van der Waals surface area contributed by atoms with Crippen LogP contribution in [0.2, 0.25) is 0 Å². The van der Waals surface area contributed by atoms with E-state index in [9.17, 15) is 0 Å². The van der Waals surface area contributed by atoms with Gasteiger partial charge in [0.05, 0.1) is 3.79 Å². The molecular formula is C24H18BrNS. The minimum absolute atomic E-state index is 1.14. The second-order valence-corrected chi connectivity index (χ2v) is 8.57. The topological polar surface area (TPSA) is 3.24 Å². The minimum atomic E-state index is 1.14. The molecule has 3 heteroatoms. The zero-order valence-electron chi connectivity index (χ0n) is 14.6. The number of anilines is 3. The second kappa shape index (κ2) is 8.38. The summed E-state index contributed by atoms with van der Waals surface area (Å²) in [4.78, 5) is 3.50. The molecule has 3 aromatic carbocycles. The first-order valence-electron chi connectivity index (χ1n) is 8.73. The Labute approximate surface area is 172 Å². The molecule has 0 aliphatic heterocycles. The third-order valence-corrected chi connectivity index (χ3v) is 5.80. The van der Waals surface area contributed by atoms with E-state index in [-0.39, 0.29) is 0 Å². The largest absolute Gasteiger partial charge is 0.311 e. The molecule has 0 fully saturated rings. The Hall–Kier alpha value is -2.62. The van der Waals surface area contributed by atoms with Crippen LogP contribution in [0.4, 0.5) is 17.1 Å². The summed E-state index contributed by atoms with van der Waals surface area (Å²) in [5, 5.41) is 0. The third kappa shape index (κ3) is 4.38. The first kappa shape index (κ1) is 17.8. The smallest absolute Gasteiger partial charge is 0.0704 e. The molecule has 0 amide bonds. The fraction of sp³-hybridized carbons (Fsp3) is 0. The van der Waals surface area contributed by atoms with Crippen molar-refractivity contribution in [1.29, 1.82) is 0 Å². The summed E-state index contributed by atoms with van der Waals surface area (Å²) < 4.78 is 1.15. The molecule has 0 atom stereocenters. The molecule has 0 spiro atoms. The number of thiophene rings is 1. The van der Waals surface area contributed by atoms with Crippen LogP contribution in [0.1, 0.15) is 10.4 Å². The van der Waals surface area contributed by atoms with E-state index in [0.29, 0.717) is 0 Å². The number of hydrogen-bond acceptors (Lipinski definition) is 2. The molecule has 0 unspecified atom stereocenters. The predicted molar refractivity (Wildman–Crippen MR) is 122 cm³/mol. The Balaban J connectivity index is 1.64. The van der Waals surface area contributed by atoms with Gasteiger partial charge in [0.2, 0.25) is 0 Å². The van der Waals surface area contributed by atoms with Crippen molar-refractivity contribution in [2.75, 3.05) is 4.90 Å². The number of halogens is 1. The molecule has 4 aromatic rings. The quantitative estimate of drug-likeness (QED) is 0.308. The molecule has 27 heavy (non-hydrogen) atoms. The van der Waals surface area contributed by atoms with Gasteiger partial charge in [0.25, 0.3) is 0 Å². The molecule has 4 rings (SSSR count). The molecule has 0 aliphatic rings. The Bertz CT molecular complexity index is 981. The molecule has 0 saturated carbocycles. The zero-order valence-corrected chi connectivity index (χ0v) is 17.0. The summed E-state index contributed by atoms with van der Waals surface area (Å²) in [6.45, 7) is 0. The van der Waals surface area contributed by atoms with Gasteiger partial charge in [-0.05, 0) is 76.1 Å². The van der Waals surface area contributed by atoms with Crippen molar-refractivity contribution in [3.8, 4) is 0 Å². The van der Waals surface area contributed by atoms with Gasteiger partial charge in [0, 0.05) is 21.9 Å². The monoisotopic (exact) mass is 431 g/mol. The lowest BCUT2D eigenvalue weighted by molar-refractivity contribution is 1.28. The fourth-order valence-electron chi connectivity index (χ4n) is 2.93. The number of rotatable bonds is 5.